The molecule has 3 fully saturated rings. The van der Waals surface area contributed by atoms with Crippen LogP contribution in [0.2, 0.25) is 0 Å². The van der Waals surface area contributed by atoms with Gasteiger partial charge in [-0.15, -0.1) is 0 Å². The Morgan fingerprint density at radius 3 is 2.43 bits per heavy atom. The first-order chi connectivity index (χ1) is 33.0. The normalized spacial score (nSPS) is 27.7. The number of aliphatic hydroxyl groups is 1. The maximum atomic E-state index is 15.0. The highest BCUT2D eigenvalue weighted by Gasteiger charge is 2.63. The van der Waals surface area contributed by atoms with Gasteiger partial charge < -0.3 is 45.1 Å². The predicted octanol–water partition coefficient (Wildman–Crippen LogP) is 9.96. The second kappa shape index (κ2) is 17.6. The number of nitrogens with two attached hydrogens (primary N) is 1. The summed E-state index contributed by atoms with van der Waals surface area (Å²) in [4.78, 5) is 18.6. The van der Waals surface area contributed by atoms with Crippen molar-refractivity contribution in [2.45, 2.75) is 100 Å². The number of hydrogen-bond donors (Lipinski definition) is 8. The average molecular weight is 917 g/mol. The van der Waals surface area contributed by atoms with Crippen LogP contribution < -0.4 is 15.2 Å². The molecule has 6 aliphatic carbocycles. The Hall–Kier alpha value is -6.43. The van der Waals surface area contributed by atoms with Gasteiger partial charge in [-0.3, -0.25) is 10.5 Å². The lowest BCUT2D eigenvalue weighted by atomic mass is 9.45. The van der Waals surface area contributed by atoms with E-state index in [1.165, 1.54) is 16.7 Å². The number of H-pyrrole nitrogens is 1. The lowest BCUT2D eigenvalue weighted by Gasteiger charge is -2.58. The average Bonchev–Trinajstić information content (AvgIpc) is 3.71. The number of hydrogen-bond acceptors (Lipinski definition) is 10. The zero-order valence-electron chi connectivity index (χ0n) is 38.1. The molecule has 0 amide bonds. The molecule has 6 aromatic rings. The fourth-order valence-electron chi connectivity index (χ4n) is 14.4. The SMILES string of the molecule is NCOc1cc(CCC(=O)[C@@H]2C[C@@H](Cc3ccc(O)cc3)[C@@H]3C[C@@H]4C[C@@H]([C@]56CCCC[C@H]5c5cc[nH]c5-c5ccccc56)[C@@H](c5cc(O)c(O)c(OCc6cccc(O)c6)c54)[C@@H]3[C@H]2O)ccc1O. The molecule has 6 aliphatic rings. The predicted molar refractivity (Wildman–Crippen MR) is 257 cm³/mol. The molecule has 0 aliphatic heterocycles. The summed E-state index contributed by atoms with van der Waals surface area (Å²) in [5, 5.41) is 68.2. The summed E-state index contributed by atoms with van der Waals surface area (Å²) in [6, 6.07) is 32.0. The third kappa shape index (κ3) is 7.37. The van der Waals surface area contributed by atoms with Crippen LogP contribution in [0.4, 0.5) is 0 Å². The highest BCUT2D eigenvalue weighted by atomic mass is 16.5. The summed E-state index contributed by atoms with van der Waals surface area (Å²) in [6.45, 7) is -0.0609. The molecule has 0 radical (unpaired) electrons. The first-order valence-corrected chi connectivity index (χ1v) is 24.4. The van der Waals surface area contributed by atoms with Crippen molar-refractivity contribution in [1.82, 2.24) is 4.98 Å². The molecular weight excluding hydrogens is 857 g/mol. The molecule has 2 bridgehead atoms. The minimum atomic E-state index is -1.02. The molecule has 11 nitrogen and oxygen atoms in total. The molecule has 9 N–H and O–H groups in total. The second-order valence-electron chi connectivity index (χ2n) is 20.3. The van der Waals surface area contributed by atoms with Gasteiger partial charge in [0, 0.05) is 40.8 Å². The number of carbonyl (C=O) groups excluding carboxylic acids is 1. The molecule has 352 valence electrons. The number of aromatic hydroxyl groups is 5. The van der Waals surface area contributed by atoms with Crippen LogP contribution in [0.1, 0.15) is 108 Å². The van der Waals surface area contributed by atoms with Crippen molar-refractivity contribution in [1.29, 1.82) is 0 Å². The van der Waals surface area contributed by atoms with Crippen molar-refractivity contribution in [2.75, 3.05) is 6.73 Å². The summed E-state index contributed by atoms with van der Waals surface area (Å²) in [7, 11) is 0. The van der Waals surface area contributed by atoms with E-state index in [4.69, 9.17) is 15.2 Å². The first kappa shape index (κ1) is 44.1. The Bertz CT molecular complexity index is 2860. The lowest BCUT2D eigenvalue weighted by molar-refractivity contribution is -0.136. The number of Topliss-reactive ketones (excluding diaryl/α,β-unsaturated/α-hetero) is 1. The van der Waals surface area contributed by atoms with Gasteiger partial charge in [-0.2, -0.15) is 0 Å². The van der Waals surface area contributed by atoms with Crippen molar-refractivity contribution >= 4 is 5.78 Å². The van der Waals surface area contributed by atoms with E-state index in [0.29, 0.717) is 31.2 Å². The van der Waals surface area contributed by atoms with E-state index in [-0.39, 0.29) is 107 Å². The van der Waals surface area contributed by atoms with E-state index in [0.717, 1.165) is 60.1 Å². The van der Waals surface area contributed by atoms with Gasteiger partial charge in [0.15, 0.2) is 23.0 Å². The van der Waals surface area contributed by atoms with Crippen LogP contribution in [0, 0.1) is 29.6 Å². The Morgan fingerprint density at radius 2 is 1.60 bits per heavy atom. The van der Waals surface area contributed by atoms with Gasteiger partial charge in [-0.25, -0.2) is 0 Å². The van der Waals surface area contributed by atoms with E-state index >= 15 is 0 Å². The van der Waals surface area contributed by atoms with Crippen molar-refractivity contribution in [3.05, 3.63) is 148 Å². The molecule has 3 saturated carbocycles. The van der Waals surface area contributed by atoms with Crippen LogP contribution in [0.15, 0.2) is 109 Å². The number of nitrogens with one attached hydrogen (secondary N) is 1. The van der Waals surface area contributed by atoms with Crippen LogP contribution in [0.3, 0.4) is 0 Å². The molecular formula is C57H60N2O9. The van der Waals surface area contributed by atoms with Crippen LogP contribution in [0.5, 0.6) is 40.2 Å². The fourth-order valence-corrected chi connectivity index (χ4v) is 14.4. The maximum Gasteiger partial charge on any atom is 0.200 e. The number of ether oxygens (including phenoxy) is 2. The van der Waals surface area contributed by atoms with Crippen molar-refractivity contribution in [2.24, 2.45) is 35.3 Å². The molecule has 1 heterocycles. The standard InChI is InChI=1S/C57H60N2O9/c58-30-68-49-24-32(14-18-47(49)63)13-17-46(62)41-25-34(22-31-11-15-36(60)16-12-31)40-26-35-27-45(57-20-4-3-10-44(57)39-19-21-59-53(39)38-8-1-2-9-43(38)57)51(52(40)54(41)65)42-28-48(64)55(66)56(50(35)42)67-29-33-6-5-7-37(61)23-33/h1-2,5-9,11-12,14-16,18-19,21,23-24,28,34-35,40-41,44-45,51-52,54,59-61,63-66H,3-4,10,13,17,20,22,25-27,29-30,58H2/t34-,35-,40+,41+,44+,45-,51-,52-,54+,57+/m1/s1. The first-order valence-electron chi connectivity index (χ1n) is 24.4. The van der Waals surface area contributed by atoms with Crippen LogP contribution in [0.25, 0.3) is 11.3 Å². The van der Waals surface area contributed by atoms with Crippen LogP contribution >= 0.6 is 0 Å². The minimum Gasteiger partial charge on any atom is -0.508 e. The molecule has 12 rings (SSSR count). The molecule has 1 aromatic heterocycles. The van der Waals surface area contributed by atoms with Gasteiger partial charge in [-0.05, 0) is 168 Å². The number of ketones is 1. The molecule has 5 aromatic carbocycles. The van der Waals surface area contributed by atoms with E-state index in [9.17, 15) is 35.4 Å². The molecule has 0 unspecified atom stereocenters. The van der Waals surface area contributed by atoms with E-state index < -0.39 is 17.9 Å². The summed E-state index contributed by atoms with van der Waals surface area (Å²) in [5.41, 5.74) is 14.6. The number of benzene rings is 5. The highest BCUT2D eigenvalue weighted by molar-refractivity contribution is 5.82. The Morgan fingerprint density at radius 1 is 0.779 bits per heavy atom. The number of fused-ring (bicyclic) bond motifs is 8. The van der Waals surface area contributed by atoms with Gasteiger partial charge in [0.2, 0.25) is 5.75 Å². The van der Waals surface area contributed by atoms with Crippen molar-refractivity contribution in [3.8, 4) is 51.5 Å². The van der Waals surface area contributed by atoms with Crippen LogP contribution in [-0.4, -0.2) is 54.2 Å². The largest absolute Gasteiger partial charge is 0.508 e. The number of carbonyl (C=O) groups is 1. The lowest BCUT2D eigenvalue weighted by Crippen LogP contribution is -2.54. The van der Waals surface area contributed by atoms with Gasteiger partial charge in [-0.1, -0.05) is 67.4 Å². The fraction of sp³-hybridized carbons (Fsp3) is 0.386. The summed E-state index contributed by atoms with van der Waals surface area (Å²) < 4.78 is 12.1. The number of phenolic OH excluding ortho intramolecular Hbond substituents is 5. The Labute approximate surface area is 396 Å². The summed E-state index contributed by atoms with van der Waals surface area (Å²) in [5.74, 6) is -1.45. The van der Waals surface area contributed by atoms with E-state index in [2.05, 4.69) is 41.5 Å². The van der Waals surface area contributed by atoms with E-state index in [1.807, 2.05) is 18.2 Å². The topological polar surface area (TPSA) is 199 Å². The molecule has 10 atom stereocenters. The monoisotopic (exact) mass is 916 g/mol. The zero-order chi connectivity index (χ0) is 46.8. The number of aromatic nitrogens is 1. The number of aromatic amines is 1. The van der Waals surface area contributed by atoms with Gasteiger partial charge in [0.25, 0.3) is 0 Å². The zero-order valence-corrected chi connectivity index (χ0v) is 38.1. The third-order valence-corrected chi connectivity index (χ3v) is 17.0. The molecule has 11 heteroatoms. The smallest absolute Gasteiger partial charge is 0.200 e. The van der Waals surface area contributed by atoms with E-state index in [1.54, 1.807) is 54.6 Å². The Balaban J connectivity index is 1.08. The Kier molecular flexibility index (Phi) is 11.4. The van der Waals surface area contributed by atoms with Gasteiger partial charge in [0.1, 0.15) is 30.6 Å². The number of rotatable bonds is 12. The summed E-state index contributed by atoms with van der Waals surface area (Å²) in [6.07, 6.45) is 8.22. The minimum absolute atomic E-state index is 0.0249. The molecule has 0 spiro atoms. The summed E-state index contributed by atoms with van der Waals surface area (Å²) >= 11 is 0. The second-order valence-corrected chi connectivity index (χ2v) is 20.3. The maximum absolute atomic E-state index is 15.0. The van der Waals surface area contributed by atoms with Gasteiger partial charge >= 0.3 is 0 Å². The van der Waals surface area contributed by atoms with Crippen molar-refractivity contribution < 1.29 is 44.9 Å². The molecule has 0 saturated heterocycles. The number of aryl methyl sites for hydroxylation is 1. The number of aliphatic hydroxyl groups excluding tert-OH is 1. The number of phenols is 5. The van der Waals surface area contributed by atoms with Gasteiger partial charge in [0.05, 0.1) is 6.10 Å². The highest BCUT2D eigenvalue weighted by Crippen LogP contribution is 2.71. The van der Waals surface area contributed by atoms with Crippen molar-refractivity contribution in [3.63, 3.8) is 0 Å². The molecule has 68 heavy (non-hydrogen) atoms. The third-order valence-electron chi connectivity index (χ3n) is 17.0. The quantitative estimate of drug-likeness (QED) is 0.0432. The van der Waals surface area contributed by atoms with Crippen LogP contribution in [-0.2, 0) is 29.7 Å².